The van der Waals surface area contributed by atoms with E-state index in [9.17, 15) is 4.79 Å². The fraction of sp³-hybridized carbons (Fsp3) is 0.348. The van der Waals surface area contributed by atoms with Crippen LogP contribution in [0.5, 0.6) is 0 Å². The van der Waals surface area contributed by atoms with Gasteiger partial charge in [0.15, 0.2) is 0 Å². The minimum absolute atomic E-state index is 0.141. The fourth-order valence-electron chi connectivity index (χ4n) is 4.09. The molecule has 0 bridgehead atoms. The number of carbonyl (C=O) groups excluding carboxylic acids is 1. The Balaban J connectivity index is 1.46. The average Bonchev–Trinajstić information content (AvgIpc) is 3.28. The standard InChI is InChI=1S/C23H26N2O/c1-18-15-22(25(23(18)26)17-24-13-5-6-14-24)16-19-9-11-21(12-10-19)20-7-3-2-4-8-20/h2-4,7-12,22H,1,5-6,13-17H2/t22-/m0/s1. The summed E-state index contributed by atoms with van der Waals surface area (Å²) < 4.78 is 0. The van der Waals surface area contributed by atoms with Crippen LogP contribution < -0.4 is 0 Å². The molecule has 0 radical (unpaired) electrons. The second-order valence-electron chi connectivity index (χ2n) is 7.47. The van der Waals surface area contributed by atoms with Gasteiger partial charge in [0.25, 0.3) is 5.91 Å². The van der Waals surface area contributed by atoms with Crippen molar-refractivity contribution < 1.29 is 4.79 Å². The first kappa shape index (κ1) is 17.0. The van der Waals surface area contributed by atoms with E-state index in [1.165, 1.54) is 29.5 Å². The summed E-state index contributed by atoms with van der Waals surface area (Å²) in [7, 11) is 0. The van der Waals surface area contributed by atoms with E-state index in [1.54, 1.807) is 0 Å². The molecule has 1 amide bonds. The van der Waals surface area contributed by atoms with Crippen molar-refractivity contribution in [2.24, 2.45) is 0 Å². The van der Waals surface area contributed by atoms with Crippen molar-refractivity contribution in [1.82, 2.24) is 9.80 Å². The van der Waals surface area contributed by atoms with Gasteiger partial charge in [0.1, 0.15) is 0 Å². The smallest absolute Gasteiger partial charge is 0.250 e. The fourth-order valence-corrected chi connectivity index (χ4v) is 4.09. The molecule has 0 N–H and O–H groups in total. The van der Waals surface area contributed by atoms with Gasteiger partial charge in [-0.05, 0) is 55.5 Å². The van der Waals surface area contributed by atoms with E-state index in [1.807, 2.05) is 11.0 Å². The quantitative estimate of drug-likeness (QED) is 0.761. The number of hydrogen-bond acceptors (Lipinski definition) is 2. The first-order valence-electron chi connectivity index (χ1n) is 9.56. The van der Waals surface area contributed by atoms with Crippen LogP contribution in [-0.4, -0.2) is 41.5 Å². The number of carbonyl (C=O) groups is 1. The second kappa shape index (κ2) is 7.46. The van der Waals surface area contributed by atoms with Gasteiger partial charge in [0.05, 0.1) is 6.67 Å². The number of benzene rings is 2. The highest BCUT2D eigenvalue weighted by Crippen LogP contribution is 2.28. The van der Waals surface area contributed by atoms with Gasteiger partial charge in [-0.25, -0.2) is 0 Å². The summed E-state index contributed by atoms with van der Waals surface area (Å²) in [6, 6.07) is 19.4. The molecule has 2 aromatic carbocycles. The molecular weight excluding hydrogens is 320 g/mol. The van der Waals surface area contributed by atoms with Gasteiger partial charge in [-0.3, -0.25) is 9.69 Å². The third-order valence-corrected chi connectivity index (χ3v) is 5.57. The molecule has 3 heteroatoms. The van der Waals surface area contributed by atoms with Gasteiger partial charge in [0.2, 0.25) is 0 Å². The van der Waals surface area contributed by atoms with Crippen LogP contribution >= 0.6 is 0 Å². The maximum Gasteiger partial charge on any atom is 0.250 e. The molecule has 0 saturated carbocycles. The highest BCUT2D eigenvalue weighted by Gasteiger charge is 2.35. The number of nitrogens with zero attached hydrogens (tertiary/aromatic N) is 2. The lowest BCUT2D eigenvalue weighted by molar-refractivity contribution is -0.128. The van der Waals surface area contributed by atoms with Crippen LogP contribution in [0, 0.1) is 0 Å². The lowest BCUT2D eigenvalue weighted by Crippen LogP contribution is -2.42. The highest BCUT2D eigenvalue weighted by molar-refractivity contribution is 5.95. The molecule has 3 nitrogen and oxygen atoms in total. The molecule has 2 aliphatic rings. The molecule has 0 unspecified atom stereocenters. The van der Waals surface area contributed by atoms with E-state index in [2.05, 4.69) is 60.0 Å². The Morgan fingerprint density at radius 2 is 1.58 bits per heavy atom. The van der Waals surface area contributed by atoms with E-state index >= 15 is 0 Å². The molecule has 26 heavy (non-hydrogen) atoms. The monoisotopic (exact) mass is 346 g/mol. The van der Waals surface area contributed by atoms with E-state index in [-0.39, 0.29) is 11.9 Å². The lowest BCUT2D eigenvalue weighted by Gasteiger charge is -2.29. The first-order chi connectivity index (χ1) is 12.7. The molecule has 1 atom stereocenters. The molecule has 2 aromatic rings. The largest absolute Gasteiger partial charge is 0.322 e. The van der Waals surface area contributed by atoms with Crippen LogP contribution in [-0.2, 0) is 11.2 Å². The van der Waals surface area contributed by atoms with Gasteiger partial charge in [-0.2, -0.15) is 0 Å². The van der Waals surface area contributed by atoms with Gasteiger partial charge < -0.3 is 4.90 Å². The zero-order valence-corrected chi connectivity index (χ0v) is 15.2. The lowest BCUT2D eigenvalue weighted by atomic mass is 9.99. The van der Waals surface area contributed by atoms with Gasteiger partial charge in [-0.15, -0.1) is 0 Å². The Kier molecular flexibility index (Phi) is 4.89. The molecule has 2 heterocycles. The van der Waals surface area contributed by atoms with Gasteiger partial charge >= 0.3 is 0 Å². The van der Waals surface area contributed by atoms with Crippen LogP contribution in [0.4, 0.5) is 0 Å². The number of likely N-dealkylation sites (tertiary alicyclic amines) is 2. The van der Waals surface area contributed by atoms with E-state index < -0.39 is 0 Å². The van der Waals surface area contributed by atoms with Crippen LogP contribution in [0.25, 0.3) is 11.1 Å². The van der Waals surface area contributed by atoms with Crippen molar-refractivity contribution in [2.45, 2.75) is 31.7 Å². The molecule has 134 valence electrons. The van der Waals surface area contributed by atoms with Crippen molar-refractivity contribution in [3.05, 3.63) is 72.3 Å². The van der Waals surface area contributed by atoms with Crippen molar-refractivity contribution in [3.63, 3.8) is 0 Å². The topological polar surface area (TPSA) is 23.6 Å². The molecular formula is C23H26N2O. The molecule has 4 rings (SSSR count). The zero-order chi connectivity index (χ0) is 17.9. The molecule has 0 aromatic heterocycles. The average molecular weight is 346 g/mol. The third kappa shape index (κ3) is 3.58. The van der Waals surface area contributed by atoms with E-state index in [4.69, 9.17) is 0 Å². The molecule has 0 spiro atoms. The summed E-state index contributed by atoms with van der Waals surface area (Å²) >= 11 is 0. The Morgan fingerprint density at radius 3 is 2.27 bits per heavy atom. The van der Waals surface area contributed by atoms with Crippen LogP contribution in [0.1, 0.15) is 24.8 Å². The molecule has 2 saturated heterocycles. The molecule has 2 fully saturated rings. The predicted molar refractivity (Wildman–Crippen MR) is 106 cm³/mol. The van der Waals surface area contributed by atoms with Crippen molar-refractivity contribution >= 4 is 5.91 Å². The number of rotatable bonds is 5. The first-order valence-corrected chi connectivity index (χ1v) is 9.56. The van der Waals surface area contributed by atoms with E-state index in [0.29, 0.717) is 0 Å². The van der Waals surface area contributed by atoms with Gasteiger partial charge in [-0.1, -0.05) is 61.2 Å². The zero-order valence-electron chi connectivity index (χ0n) is 15.2. The summed E-state index contributed by atoms with van der Waals surface area (Å²) in [6.07, 6.45) is 4.17. The number of hydrogen-bond donors (Lipinski definition) is 0. The normalized spacial score (nSPS) is 20.9. The Hall–Kier alpha value is -2.39. The Bertz CT molecular complexity index is 776. The minimum Gasteiger partial charge on any atom is -0.322 e. The summed E-state index contributed by atoms with van der Waals surface area (Å²) in [5, 5.41) is 0. The maximum absolute atomic E-state index is 12.5. The van der Waals surface area contributed by atoms with E-state index in [0.717, 1.165) is 38.2 Å². The van der Waals surface area contributed by atoms with Crippen LogP contribution in [0.3, 0.4) is 0 Å². The molecule has 2 aliphatic heterocycles. The second-order valence-corrected chi connectivity index (χ2v) is 7.47. The van der Waals surface area contributed by atoms with Crippen LogP contribution in [0.15, 0.2) is 66.7 Å². The Morgan fingerprint density at radius 1 is 0.923 bits per heavy atom. The summed E-state index contributed by atoms with van der Waals surface area (Å²) in [4.78, 5) is 17.0. The third-order valence-electron chi connectivity index (χ3n) is 5.57. The predicted octanol–water partition coefficient (Wildman–Crippen LogP) is 4.11. The van der Waals surface area contributed by atoms with Crippen molar-refractivity contribution in [3.8, 4) is 11.1 Å². The summed E-state index contributed by atoms with van der Waals surface area (Å²) in [6.45, 7) is 6.96. The SMILES string of the molecule is C=C1C[C@@H](Cc2ccc(-c3ccccc3)cc2)N(CN2CCCC2)C1=O. The van der Waals surface area contributed by atoms with Crippen LogP contribution in [0.2, 0.25) is 0 Å². The Labute approximate surface area is 155 Å². The summed E-state index contributed by atoms with van der Waals surface area (Å²) in [5.74, 6) is 0.141. The molecule has 0 aliphatic carbocycles. The van der Waals surface area contributed by atoms with Crippen molar-refractivity contribution in [1.29, 1.82) is 0 Å². The summed E-state index contributed by atoms with van der Waals surface area (Å²) in [5.41, 5.74) is 4.51. The minimum atomic E-state index is 0.141. The van der Waals surface area contributed by atoms with Crippen molar-refractivity contribution in [2.75, 3.05) is 19.8 Å². The van der Waals surface area contributed by atoms with Gasteiger partial charge in [0, 0.05) is 11.6 Å². The maximum atomic E-state index is 12.5. The number of amides is 1. The highest BCUT2D eigenvalue weighted by atomic mass is 16.2.